The Kier molecular flexibility index (Phi) is 6.01. The number of carbonyl (C=O) groups is 1. The minimum Gasteiger partial charge on any atom is -0.475 e. The molecule has 1 aliphatic carbocycles. The van der Waals surface area contributed by atoms with Crippen LogP contribution in [0.5, 0.6) is 5.88 Å². The number of benzene rings is 1. The van der Waals surface area contributed by atoms with Crippen molar-refractivity contribution in [3.05, 3.63) is 95.7 Å². The van der Waals surface area contributed by atoms with Gasteiger partial charge in [-0.3, -0.25) is 14.9 Å². The second-order valence-electron chi connectivity index (χ2n) is 9.83. The van der Waals surface area contributed by atoms with Gasteiger partial charge in [0, 0.05) is 47.2 Å². The Morgan fingerprint density at radius 2 is 1.98 bits per heavy atom. The molecule has 1 saturated heterocycles. The van der Waals surface area contributed by atoms with Gasteiger partial charge in [0.15, 0.2) is 0 Å². The van der Waals surface area contributed by atoms with E-state index >= 15 is 0 Å². The van der Waals surface area contributed by atoms with Gasteiger partial charge in [0.1, 0.15) is 18.4 Å². The summed E-state index contributed by atoms with van der Waals surface area (Å²) >= 11 is 0. The Hall–Kier alpha value is -4.96. The number of allylic oxidation sites excluding steroid dienone is 3. The van der Waals surface area contributed by atoms with E-state index in [2.05, 4.69) is 20.5 Å². The highest BCUT2D eigenvalue weighted by Crippen LogP contribution is 2.40. The lowest BCUT2D eigenvalue weighted by molar-refractivity contribution is -0.121. The Labute approximate surface area is 229 Å². The van der Waals surface area contributed by atoms with Crippen LogP contribution in [-0.2, 0) is 9.53 Å². The predicted octanol–water partition coefficient (Wildman–Crippen LogP) is 3.93. The fraction of sp³-hybridized carbons (Fsp3) is 0.200. The number of aromatic nitrogens is 4. The summed E-state index contributed by atoms with van der Waals surface area (Å²) < 4.78 is 11.7. The lowest BCUT2D eigenvalue weighted by atomic mass is 9.79. The van der Waals surface area contributed by atoms with Crippen LogP contribution in [0.4, 0.5) is 0 Å². The number of rotatable bonds is 6. The maximum atomic E-state index is 13.6. The summed E-state index contributed by atoms with van der Waals surface area (Å²) in [7, 11) is 0. The average molecular weight is 532 g/mol. The lowest BCUT2D eigenvalue weighted by Gasteiger charge is -2.30. The molecule has 2 aliphatic heterocycles. The molecule has 10 nitrogen and oxygen atoms in total. The number of hydrogen-bond donors (Lipinski definition) is 3. The van der Waals surface area contributed by atoms with Crippen LogP contribution in [0.15, 0.2) is 83.9 Å². The molecule has 0 bridgehead atoms. The fourth-order valence-corrected chi connectivity index (χ4v) is 5.34. The number of amides is 1. The highest BCUT2D eigenvalue weighted by Gasteiger charge is 2.39. The van der Waals surface area contributed by atoms with Crippen molar-refractivity contribution in [2.75, 3.05) is 13.2 Å². The van der Waals surface area contributed by atoms with Gasteiger partial charge in [-0.25, -0.2) is 9.98 Å². The normalized spacial score (nSPS) is 20.7. The number of carbonyl (C=O) groups excluding carboxylic acids is 1. The van der Waals surface area contributed by atoms with Gasteiger partial charge in [0.05, 0.1) is 34.9 Å². The van der Waals surface area contributed by atoms with Crippen molar-refractivity contribution in [1.29, 1.82) is 5.41 Å². The van der Waals surface area contributed by atoms with E-state index in [9.17, 15) is 4.79 Å². The molecule has 3 aliphatic rings. The summed E-state index contributed by atoms with van der Waals surface area (Å²) in [4.78, 5) is 27.4. The molecular formula is C30H25N7O3. The second kappa shape index (κ2) is 9.97. The third-order valence-electron chi connectivity index (χ3n) is 7.32. The van der Waals surface area contributed by atoms with Crippen molar-refractivity contribution in [1.82, 2.24) is 25.5 Å². The maximum Gasteiger partial charge on any atom is 0.240 e. The molecule has 2 atom stereocenters. The molecule has 10 heteroatoms. The van der Waals surface area contributed by atoms with Gasteiger partial charge in [-0.15, -0.1) is 0 Å². The Morgan fingerprint density at radius 3 is 2.83 bits per heavy atom. The van der Waals surface area contributed by atoms with E-state index in [1.165, 1.54) is 0 Å². The van der Waals surface area contributed by atoms with Gasteiger partial charge in [-0.1, -0.05) is 18.2 Å². The van der Waals surface area contributed by atoms with E-state index in [1.807, 2.05) is 42.5 Å². The standard InChI is InChI=1S/C30H25N7O3/c31-27-20(19-5-1-7-24-22(19)15-33-37-24)14-21(23-6-2-8-25(34-23)40-16-18-4-3-13-39-18)28-26(27)30(38)36-29(35-28)17-9-11-32-12-10-17/h1-2,5-12,14-15,18,26,31H,3-4,13,16H2,(H,33,37)(H,35,36,38)/t18-,26?/m1/s1. The first kappa shape index (κ1) is 24.1. The number of aromatic amines is 1. The summed E-state index contributed by atoms with van der Waals surface area (Å²) in [5.74, 6) is -0.372. The van der Waals surface area contributed by atoms with Crippen LogP contribution < -0.4 is 10.1 Å². The number of pyridine rings is 2. The van der Waals surface area contributed by atoms with Crippen molar-refractivity contribution in [3.63, 3.8) is 0 Å². The van der Waals surface area contributed by atoms with Crippen molar-refractivity contribution >= 4 is 39.5 Å². The number of nitrogens with zero attached hydrogens (tertiary/aromatic N) is 4. The van der Waals surface area contributed by atoms with Crippen LogP contribution in [0.25, 0.3) is 22.0 Å². The molecule has 1 unspecified atom stereocenters. The second-order valence-corrected chi connectivity index (χ2v) is 9.83. The first-order valence-electron chi connectivity index (χ1n) is 13.1. The zero-order chi connectivity index (χ0) is 27.1. The Morgan fingerprint density at radius 1 is 1.10 bits per heavy atom. The number of nitrogens with one attached hydrogen (secondary N) is 3. The molecule has 1 fully saturated rings. The third kappa shape index (κ3) is 4.28. The molecule has 1 aromatic carbocycles. The van der Waals surface area contributed by atoms with Crippen molar-refractivity contribution < 1.29 is 14.3 Å². The van der Waals surface area contributed by atoms with Crippen LogP contribution in [0.2, 0.25) is 0 Å². The highest BCUT2D eigenvalue weighted by molar-refractivity contribution is 6.36. The first-order chi connectivity index (χ1) is 19.7. The minimum atomic E-state index is -0.916. The first-order valence-corrected chi connectivity index (χ1v) is 13.1. The molecular weight excluding hydrogens is 506 g/mol. The van der Waals surface area contributed by atoms with E-state index in [0.717, 1.165) is 41.5 Å². The quantitative estimate of drug-likeness (QED) is 0.345. The van der Waals surface area contributed by atoms with Gasteiger partial charge >= 0.3 is 0 Å². The lowest BCUT2D eigenvalue weighted by Crippen LogP contribution is -2.45. The monoisotopic (exact) mass is 531 g/mol. The number of fused-ring (bicyclic) bond motifs is 2. The molecule has 7 rings (SSSR count). The summed E-state index contributed by atoms with van der Waals surface area (Å²) in [5.41, 5.74) is 4.86. The summed E-state index contributed by atoms with van der Waals surface area (Å²) in [5, 5.41) is 20.1. The zero-order valence-electron chi connectivity index (χ0n) is 21.4. The molecule has 198 valence electrons. The number of H-pyrrole nitrogens is 1. The number of aliphatic imine (C=N–C) groups is 1. The average Bonchev–Trinajstić information content (AvgIpc) is 3.69. The molecule has 1 amide bonds. The smallest absolute Gasteiger partial charge is 0.240 e. The fourth-order valence-electron chi connectivity index (χ4n) is 5.34. The third-order valence-corrected chi connectivity index (χ3v) is 7.32. The number of ether oxygens (including phenoxy) is 2. The zero-order valence-corrected chi connectivity index (χ0v) is 21.4. The predicted molar refractivity (Wildman–Crippen MR) is 150 cm³/mol. The van der Waals surface area contributed by atoms with Gasteiger partial charge in [-0.05, 0) is 48.7 Å². The van der Waals surface area contributed by atoms with Gasteiger partial charge in [-0.2, -0.15) is 5.10 Å². The summed E-state index contributed by atoms with van der Waals surface area (Å²) in [6.07, 6.45) is 8.98. The Balaban J connectivity index is 1.38. The van der Waals surface area contributed by atoms with Crippen molar-refractivity contribution in [3.8, 4) is 5.88 Å². The molecule has 0 radical (unpaired) electrons. The van der Waals surface area contributed by atoms with Crippen LogP contribution >= 0.6 is 0 Å². The maximum absolute atomic E-state index is 13.6. The van der Waals surface area contributed by atoms with E-state index in [0.29, 0.717) is 40.9 Å². The minimum absolute atomic E-state index is 0.0588. The molecule has 3 N–H and O–H groups in total. The van der Waals surface area contributed by atoms with E-state index in [-0.39, 0.29) is 17.7 Å². The Bertz CT molecular complexity index is 1730. The van der Waals surface area contributed by atoms with Crippen LogP contribution in [0.1, 0.15) is 29.7 Å². The molecule has 4 aromatic rings. The molecule has 5 heterocycles. The van der Waals surface area contributed by atoms with Crippen LogP contribution in [0, 0.1) is 11.3 Å². The largest absolute Gasteiger partial charge is 0.475 e. The van der Waals surface area contributed by atoms with Crippen molar-refractivity contribution in [2.45, 2.75) is 18.9 Å². The van der Waals surface area contributed by atoms with E-state index < -0.39 is 5.92 Å². The topological polar surface area (TPSA) is 138 Å². The summed E-state index contributed by atoms with van der Waals surface area (Å²) in [6, 6.07) is 14.9. The highest BCUT2D eigenvalue weighted by atomic mass is 16.5. The number of hydrogen-bond acceptors (Lipinski definition) is 8. The molecule has 0 spiro atoms. The van der Waals surface area contributed by atoms with Gasteiger partial charge in [0.2, 0.25) is 11.8 Å². The van der Waals surface area contributed by atoms with Crippen LogP contribution in [0.3, 0.4) is 0 Å². The number of amidine groups is 1. The van der Waals surface area contributed by atoms with E-state index in [1.54, 1.807) is 30.7 Å². The van der Waals surface area contributed by atoms with Crippen molar-refractivity contribution in [2.24, 2.45) is 10.9 Å². The van der Waals surface area contributed by atoms with E-state index in [4.69, 9.17) is 24.9 Å². The van der Waals surface area contributed by atoms with Gasteiger partial charge in [0.25, 0.3) is 0 Å². The summed E-state index contributed by atoms with van der Waals surface area (Å²) in [6.45, 7) is 1.17. The molecule has 0 saturated carbocycles. The van der Waals surface area contributed by atoms with Crippen LogP contribution in [-0.4, -0.2) is 56.9 Å². The molecule has 3 aromatic heterocycles. The molecule has 40 heavy (non-hydrogen) atoms. The van der Waals surface area contributed by atoms with Gasteiger partial charge < -0.3 is 20.2 Å². The SMILES string of the molecule is N=C1C(c2cccc3[nH]ncc23)=CC(c2cccc(OC[C@H]3CCCO3)n2)=C2N=C(c3ccncc3)NC(=O)C12.